The maximum atomic E-state index is 11.3. The summed E-state index contributed by atoms with van der Waals surface area (Å²) in [7, 11) is 0. The third kappa shape index (κ3) is 3.41. The number of thioether (sulfide) groups is 1. The monoisotopic (exact) mass is 385 g/mol. The van der Waals surface area contributed by atoms with E-state index in [0.29, 0.717) is 11.4 Å². The van der Waals surface area contributed by atoms with Crippen molar-refractivity contribution in [3.8, 4) is 0 Å². The van der Waals surface area contributed by atoms with Gasteiger partial charge in [0, 0.05) is 23.2 Å². The molecule has 1 N–H and O–H groups in total. The third-order valence-electron chi connectivity index (χ3n) is 5.53. The summed E-state index contributed by atoms with van der Waals surface area (Å²) in [5.41, 5.74) is 0.844. The maximum Gasteiger partial charge on any atom is 0.277 e. The average molecular weight is 385 g/mol. The molecule has 0 radical (unpaired) electrons. The maximum absolute atomic E-state index is 11.3. The minimum atomic E-state index is -0.417. The second kappa shape index (κ2) is 7.48. The molecular weight excluding hydrogens is 362 g/mol. The standard InChI is InChI=1S/C20H23N3O3S/c1-13(24)19-12-27-20(22(19)14-6-2-3-7-14)21-17-10-11-18(23(25)26)16-9-5-4-8-15(16)17/h4-5,8-11,13-14,19,24H,2-3,6-7,12H2,1H3/t13-,19-/m0/s1. The highest BCUT2D eigenvalue weighted by molar-refractivity contribution is 8.14. The molecule has 142 valence electrons. The Kier molecular flexibility index (Phi) is 5.06. The number of aliphatic imine (C=N–C) groups is 1. The van der Waals surface area contributed by atoms with E-state index in [9.17, 15) is 15.2 Å². The van der Waals surface area contributed by atoms with Crippen molar-refractivity contribution < 1.29 is 10.0 Å². The molecule has 0 bridgehead atoms. The number of amidine groups is 1. The highest BCUT2D eigenvalue weighted by Gasteiger charge is 2.39. The van der Waals surface area contributed by atoms with Gasteiger partial charge in [-0.1, -0.05) is 42.8 Å². The van der Waals surface area contributed by atoms with Crippen molar-refractivity contribution in [1.29, 1.82) is 0 Å². The molecule has 1 aliphatic carbocycles. The number of fused-ring (bicyclic) bond motifs is 1. The Labute approximate surface area is 162 Å². The van der Waals surface area contributed by atoms with E-state index < -0.39 is 6.10 Å². The minimum absolute atomic E-state index is 0.0705. The first-order valence-corrected chi connectivity index (χ1v) is 10.4. The van der Waals surface area contributed by atoms with Gasteiger partial charge < -0.3 is 10.0 Å². The molecule has 4 rings (SSSR count). The summed E-state index contributed by atoms with van der Waals surface area (Å²) >= 11 is 1.67. The largest absolute Gasteiger partial charge is 0.391 e. The lowest BCUT2D eigenvalue weighted by Crippen LogP contribution is -2.46. The van der Waals surface area contributed by atoms with Crippen LogP contribution in [-0.2, 0) is 0 Å². The van der Waals surface area contributed by atoms with Crippen LogP contribution in [0.25, 0.3) is 10.8 Å². The number of nitrogens with zero attached hydrogens (tertiary/aromatic N) is 3. The summed E-state index contributed by atoms with van der Waals surface area (Å²) in [6.45, 7) is 1.84. The molecule has 1 saturated heterocycles. The van der Waals surface area contributed by atoms with Gasteiger partial charge in [-0.2, -0.15) is 0 Å². The summed E-state index contributed by atoms with van der Waals surface area (Å²) in [6.07, 6.45) is 4.27. The molecule has 0 aromatic heterocycles. The normalized spacial score (nSPS) is 23.4. The highest BCUT2D eigenvalue weighted by Crippen LogP contribution is 2.38. The van der Waals surface area contributed by atoms with Crippen molar-refractivity contribution in [3.05, 3.63) is 46.5 Å². The first kappa shape index (κ1) is 18.3. The van der Waals surface area contributed by atoms with E-state index in [1.54, 1.807) is 23.9 Å². The van der Waals surface area contributed by atoms with E-state index in [4.69, 9.17) is 4.99 Å². The first-order chi connectivity index (χ1) is 13.1. The summed E-state index contributed by atoms with van der Waals surface area (Å²) in [6, 6.07) is 11.1. The number of hydrogen-bond acceptors (Lipinski definition) is 5. The zero-order valence-electron chi connectivity index (χ0n) is 15.2. The molecule has 0 unspecified atom stereocenters. The van der Waals surface area contributed by atoms with Gasteiger partial charge in [0.2, 0.25) is 0 Å². The van der Waals surface area contributed by atoms with Gasteiger partial charge in [-0.15, -0.1) is 0 Å². The van der Waals surface area contributed by atoms with Gasteiger partial charge in [0.25, 0.3) is 5.69 Å². The molecule has 1 saturated carbocycles. The fourth-order valence-electron chi connectivity index (χ4n) is 4.15. The second-order valence-electron chi connectivity index (χ2n) is 7.27. The predicted molar refractivity (Wildman–Crippen MR) is 110 cm³/mol. The van der Waals surface area contributed by atoms with Gasteiger partial charge >= 0.3 is 0 Å². The number of aliphatic hydroxyl groups is 1. The number of aliphatic hydroxyl groups excluding tert-OH is 1. The van der Waals surface area contributed by atoms with Crippen LogP contribution in [0.5, 0.6) is 0 Å². The molecule has 6 nitrogen and oxygen atoms in total. The molecule has 0 spiro atoms. The fraction of sp³-hybridized carbons (Fsp3) is 0.450. The first-order valence-electron chi connectivity index (χ1n) is 9.40. The van der Waals surface area contributed by atoms with Crippen molar-refractivity contribution >= 4 is 39.1 Å². The summed E-state index contributed by atoms with van der Waals surface area (Å²) in [5.74, 6) is 0.817. The predicted octanol–water partition coefficient (Wildman–Crippen LogP) is 4.48. The minimum Gasteiger partial charge on any atom is -0.391 e. The lowest BCUT2D eigenvalue weighted by molar-refractivity contribution is -0.383. The van der Waals surface area contributed by atoms with E-state index in [-0.39, 0.29) is 16.7 Å². The van der Waals surface area contributed by atoms with E-state index in [2.05, 4.69) is 4.90 Å². The molecule has 1 aliphatic heterocycles. The summed E-state index contributed by atoms with van der Waals surface area (Å²) < 4.78 is 0. The Morgan fingerprint density at radius 3 is 2.59 bits per heavy atom. The van der Waals surface area contributed by atoms with E-state index >= 15 is 0 Å². The zero-order valence-corrected chi connectivity index (χ0v) is 16.1. The topological polar surface area (TPSA) is 79.0 Å². The van der Waals surface area contributed by atoms with E-state index in [1.165, 1.54) is 18.9 Å². The zero-order chi connectivity index (χ0) is 19.0. The van der Waals surface area contributed by atoms with Crippen molar-refractivity contribution in [2.75, 3.05) is 5.75 Å². The van der Waals surface area contributed by atoms with E-state index in [0.717, 1.165) is 34.8 Å². The molecule has 2 atom stereocenters. The van der Waals surface area contributed by atoms with Gasteiger partial charge in [-0.05, 0) is 31.9 Å². The Bertz CT molecular complexity index is 893. The number of benzene rings is 2. The molecule has 2 fully saturated rings. The Balaban J connectivity index is 1.78. The molecule has 1 heterocycles. The third-order valence-corrected chi connectivity index (χ3v) is 6.60. The van der Waals surface area contributed by atoms with E-state index in [1.807, 2.05) is 25.1 Å². The molecular formula is C20H23N3O3S. The number of hydrogen-bond donors (Lipinski definition) is 1. The van der Waals surface area contributed by atoms with Gasteiger partial charge in [0.05, 0.1) is 28.1 Å². The lowest BCUT2D eigenvalue weighted by atomic mass is 10.1. The van der Waals surface area contributed by atoms with Crippen molar-refractivity contribution in [2.24, 2.45) is 4.99 Å². The fourth-order valence-corrected chi connectivity index (χ4v) is 5.51. The smallest absolute Gasteiger partial charge is 0.277 e. The Hall–Kier alpha value is -2.12. The van der Waals surface area contributed by atoms with Crippen LogP contribution in [0.15, 0.2) is 41.4 Å². The number of rotatable bonds is 4. The van der Waals surface area contributed by atoms with Gasteiger partial charge in [-0.3, -0.25) is 10.1 Å². The second-order valence-corrected chi connectivity index (χ2v) is 8.25. The van der Waals surface area contributed by atoms with Crippen LogP contribution < -0.4 is 0 Å². The molecule has 2 aliphatic rings. The van der Waals surface area contributed by atoms with Crippen LogP contribution in [0.3, 0.4) is 0 Å². The van der Waals surface area contributed by atoms with Crippen LogP contribution in [0.1, 0.15) is 32.6 Å². The van der Waals surface area contributed by atoms with Crippen LogP contribution >= 0.6 is 11.8 Å². The van der Waals surface area contributed by atoms with Gasteiger partial charge in [-0.25, -0.2) is 4.99 Å². The molecule has 0 amide bonds. The number of nitro groups is 1. The Morgan fingerprint density at radius 1 is 1.22 bits per heavy atom. The van der Waals surface area contributed by atoms with Gasteiger partial charge in [0.15, 0.2) is 5.17 Å². The summed E-state index contributed by atoms with van der Waals surface area (Å²) in [4.78, 5) is 18.2. The lowest BCUT2D eigenvalue weighted by Gasteiger charge is -2.33. The van der Waals surface area contributed by atoms with Gasteiger partial charge in [0.1, 0.15) is 0 Å². The molecule has 7 heteroatoms. The molecule has 2 aromatic rings. The van der Waals surface area contributed by atoms with Crippen LogP contribution in [0, 0.1) is 10.1 Å². The van der Waals surface area contributed by atoms with Crippen LogP contribution in [0.4, 0.5) is 11.4 Å². The van der Waals surface area contributed by atoms with Crippen molar-refractivity contribution in [1.82, 2.24) is 4.90 Å². The summed E-state index contributed by atoms with van der Waals surface area (Å²) in [5, 5.41) is 23.9. The quantitative estimate of drug-likeness (QED) is 0.620. The number of nitro benzene ring substituents is 1. The highest BCUT2D eigenvalue weighted by atomic mass is 32.2. The average Bonchev–Trinajstić information content (AvgIpc) is 3.31. The number of non-ortho nitro benzene ring substituents is 1. The Morgan fingerprint density at radius 2 is 1.93 bits per heavy atom. The van der Waals surface area contributed by atoms with Crippen molar-refractivity contribution in [2.45, 2.75) is 50.8 Å². The van der Waals surface area contributed by atoms with Crippen molar-refractivity contribution in [3.63, 3.8) is 0 Å². The SMILES string of the molecule is C[C@H](O)[C@@H]1CSC(=Nc2ccc([N+](=O)[O-])c3ccccc23)N1C1CCCC1. The van der Waals surface area contributed by atoms with Crippen LogP contribution in [-0.4, -0.2) is 44.0 Å². The van der Waals surface area contributed by atoms with Crippen LogP contribution in [0.2, 0.25) is 0 Å². The molecule has 2 aromatic carbocycles. The molecule has 27 heavy (non-hydrogen) atoms.